The highest BCUT2D eigenvalue weighted by atomic mass is 32.2. The number of imide groups is 1. The predicted octanol–water partition coefficient (Wildman–Crippen LogP) is 2.12. The molecule has 0 radical (unpaired) electrons. The summed E-state index contributed by atoms with van der Waals surface area (Å²) in [6.07, 6.45) is 0. The van der Waals surface area contributed by atoms with Crippen LogP contribution in [-0.4, -0.2) is 39.8 Å². The molecule has 3 amide bonds. The summed E-state index contributed by atoms with van der Waals surface area (Å²) in [5.41, 5.74) is 0.268. The van der Waals surface area contributed by atoms with Crippen molar-refractivity contribution in [1.82, 2.24) is 4.90 Å². The van der Waals surface area contributed by atoms with Gasteiger partial charge in [0.1, 0.15) is 4.87 Å². The number of thioether (sulfide) groups is 1. The van der Waals surface area contributed by atoms with Gasteiger partial charge in [-0.05, 0) is 17.5 Å². The van der Waals surface area contributed by atoms with Gasteiger partial charge in [-0.25, -0.2) is 4.90 Å². The van der Waals surface area contributed by atoms with Crippen molar-refractivity contribution in [2.24, 2.45) is 17.3 Å². The second kappa shape index (κ2) is 4.63. The Hall–Kier alpha value is -1.82. The molecule has 2 bridgehead atoms. The lowest BCUT2D eigenvalue weighted by Gasteiger charge is -2.48. The molecule has 3 fully saturated rings. The molecule has 3 heterocycles. The molecule has 3 saturated heterocycles. The quantitative estimate of drug-likeness (QED) is 0.732. The first-order chi connectivity index (χ1) is 11.2. The van der Waals surface area contributed by atoms with Gasteiger partial charge in [-0.2, -0.15) is 0 Å². The minimum atomic E-state index is -0.671. The van der Waals surface area contributed by atoms with Gasteiger partial charge in [0, 0.05) is 7.05 Å². The zero-order valence-electron chi connectivity index (χ0n) is 14.1. The zero-order valence-corrected chi connectivity index (χ0v) is 15.0. The average Bonchev–Trinajstić information content (AvgIpc) is 3.10. The molecule has 0 aromatic heterocycles. The molecule has 0 spiro atoms. The lowest BCUT2D eigenvalue weighted by Crippen LogP contribution is -2.61. The lowest BCUT2D eigenvalue weighted by atomic mass is 9.70. The van der Waals surface area contributed by atoms with Crippen molar-refractivity contribution in [2.45, 2.75) is 30.9 Å². The minimum Gasteiger partial charge on any atom is -0.329 e. The Balaban J connectivity index is 1.86. The molecule has 3 aliphatic rings. The largest absolute Gasteiger partial charge is 0.329 e. The number of anilines is 1. The Kier molecular flexibility index (Phi) is 3.02. The van der Waals surface area contributed by atoms with Gasteiger partial charge in [-0.1, -0.05) is 39.0 Å². The second-order valence-corrected chi connectivity index (χ2v) is 9.10. The van der Waals surface area contributed by atoms with Crippen LogP contribution in [0.3, 0.4) is 0 Å². The SMILES string of the molecule is CN1C(=O)[C@H]2S[C@]1(C(C)(C)C)[C@@H]1C(=O)N(c3ccccc3)C(=O)[C@H]21. The number of fused-ring (bicyclic) bond motifs is 5. The van der Waals surface area contributed by atoms with Gasteiger partial charge >= 0.3 is 0 Å². The van der Waals surface area contributed by atoms with Crippen LogP contribution in [0.2, 0.25) is 0 Å². The normalized spacial score (nSPS) is 35.2. The molecule has 1 aromatic carbocycles. The summed E-state index contributed by atoms with van der Waals surface area (Å²) < 4.78 is 0. The highest BCUT2D eigenvalue weighted by molar-refractivity contribution is 8.02. The van der Waals surface area contributed by atoms with Crippen LogP contribution in [0.4, 0.5) is 5.69 Å². The molecule has 4 atom stereocenters. The van der Waals surface area contributed by atoms with E-state index in [1.807, 2.05) is 39.0 Å². The Labute approximate surface area is 145 Å². The maximum absolute atomic E-state index is 13.2. The highest BCUT2D eigenvalue weighted by Crippen LogP contribution is 2.67. The van der Waals surface area contributed by atoms with Crippen molar-refractivity contribution in [3.8, 4) is 0 Å². The molecule has 126 valence electrons. The van der Waals surface area contributed by atoms with Crippen molar-refractivity contribution in [3.63, 3.8) is 0 Å². The van der Waals surface area contributed by atoms with E-state index in [0.29, 0.717) is 5.69 Å². The topological polar surface area (TPSA) is 57.7 Å². The van der Waals surface area contributed by atoms with Crippen LogP contribution in [0.5, 0.6) is 0 Å². The maximum Gasteiger partial charge on any atom is 0.241 e. The zero-order chi connectivity index (χ0) is 17.4. The number of hydrogen-bond donors (Lipinski definition) is 0. The van der Waals surface area contributed by atoms with Gasteiger partial charge in [0.15, 0.2) is 0 Å². The van der Waals surface area contributed by atoms with E-state index in [1.165, 1.54) is 16.7 Å². The summed E-state index contributed by atoms with van der Waals surface area (Å²) in [4.78, 5) is 41.3. The molecule has 6 heteroatoms. The molecule has 0 N–H and O–H groups in total. The Morgan fingerprint density at radius 3 is 2.21 bits per heavy atom. The number of carbonyl (C=O) groups is 3. The van der Waals surface area contributed by atoms with E-state index in [4.69, 9.17) is 0 Å². The second-order valence-electron chi connectivity index (χ2n) is 7.73. The maximum atomic E-state index is 13.2. The number of para-hydroxylation sites is 1. The number of hydrogen-bond acceptors (Lipinski definition) is 4. The van der Waals surface area contributed by atoms with Crippen LogP contribution >= 0.6 is 11.8 Å². The number of likely N-dealkylation sites (tertiary alicyclic amines) is 1. The fraction of sp³-hybridized carbons (Fsp3) is 0.500. The van der Waals surface area contributed by atoms with Gasteiger partial charge in [0.05, 0.1) is 22.8 Å². The molecule has 3 aliphatic heterocycles. The van der Waals surface area contributed by atoms with E-state index < -0.39 is 22.0 Å². The third kappa shape index (κ3) is 1.60. The van der Waals surface area contributed by atoms with Crippen LogP contribution < -0.4 is 4.90 Å². The molecule has 24 heavy (non-hydrogen) atoms. The number of carbonyl (C=O) groups excluding carboxylic acids is 3. The number of rotatable bonds is 1. The third-order valence-electron chi connectivity index (χ3n) is 5.57. The molecular formula is C18H20N2O3S. The van der Waals surface area contributed by atoms with Crippen LogP contribution in [0, 0.1) is 17.3 Å². The van der Waals surface area contributed by atoms with Gasteiger partial charge in [0.25, 0.3) is 0 Å². The van der Waals surface area contributed by atoms with Crippen LogP contribution in [0.1, 0.15) is 20.8 Å². The molecular weight excluding hydrogens is 324 g/mol. The van der Waals surface area contributed by atoms with Crippen molar-refractivity contribution in [1.29, 1.82) is 0 Å². The number of nitrogens with zero attached hydrogens (tertiary/aromatic N) is 2. The van der Waals surface area contributed by atoms with E-state index in [1.54, 1.807) is 24.1 Å². The number of piperidine rings is 1. The Morgan fingerprint density at radius 1 is 1.00 bits per heavy atom. The van der Waals surface area contributed by atoms with Crippen molar-refractivity contribution >= 4 is 35.2 Å². The summed E-state index contributed by atoms with van der Waals surface area (Å²) in [6.45, 7) is 6.12. The number of amides is 3. The first-order valence-electron chi connectivity index (χ1n) is 8.10. The van der Waals surface area contributed by atoms with Crippen molar-refractivity contribution in [3.05, 3.63) is 30.3 Å². The summed E-state index contributed by atoms with van der Waals surface area (Å²) in [5.74, 6) is -1.48. The van der Waals surface area contributed by atoms with E-state index in [9.17, 15) is 14.4 Å². The predicted molar refractivity (Wildman–Crippen MR) is 92.3 cm³/mol. The molecule has 1 aromatic rings. The minimum absolute atomic E-state index is 0.0350. The van der Waals surface area contributed by atoms with Crippen molar-refractivity contribution in [2.75, 3.05) is 11.9 Å². The van der Waals surface area contributed by atoms with Gasteiger partial charge in [-0.15, -0.1) is 11.8 Å². The molecule has 5 nitrogen and oxygen atoms in total. The van der Waals surface area contributed by atoms with E-state index in [0.717, 1.165) is 0 Å². The Bertz CT molecular complexity index is 757. The van der Waals surface area contributed by atoms with E-state index in [-0.39, 0.29) is 23.1 Å². The summed E-state index contributed by atoms with van der Waals surface area (Å²) in [6, 6.07) is 9.00. The molecule has 0 saturated carbocycles. The molecule has 0 aliphatic carbocycles. The fourth-order valence-corrected chi connectivity index (χ4v) is 6.63. The smallest absolute Gasteiger partial charge is 0.241 e. The molecule has 0 unspecified atom stereocenters. The monoisotopic (exact) mass is 344 g/mol. The standard InChI is InChI=1S/C18H20N2O3S/c1-17(2,3)18-12-11(13(24-18)16(23)19(18)4)14(21)20(15(12)22)10-8-6-5-7-9-10/h5-9,11-13H,1-4H3/t11-,12-,13-,18-/m0/s1. The first-order valence-corrected chi connectivity index (χ1v) is 8.98. The number of benzene rings is 1. The highest BCUT2D eigenvalue weighted by Gasteiger charge is 2.77. The Morgan fingerprint density at radius 2 is 1.62 bits per heavy atom. The average molecular weight is 344 g/mol. The third-order valence-corrected chi connectivity index (χ3v) is 7.82. The summed E-state index contributed by atoms with van der Waals surface area (Å²) in [5, 5.41) is -0.454. The van der Waals surface area contributed by atoms with E-state index in [2.05, 4.69) is 0 Å². The van der Waals surface area contributed by atoms with Gasteiger partial charge in [-0.3, -0.25) is 14.4 Å². The van der Waals surface area contributed by atoms with Crippen LogP contribution in [0.25, 0.3) is 0 Å². The van der Waals surface area contributed by atoms with Gasteiger partial charge in [0.2, 0.25) is 17.7 Å². The lowest BCUT2D eigenvalue weighted by molar-refractivity contribution is -0.146. The molecule has 4 rings (SSSR count). The van der Waals surface area contributed by atoms with Crippen LogP contribution in [0.15, 0.2) is 30.3 Å². The van der Waals surface area contributed by atoms with Crippen LogP contribution in [-0.2, 0) is 14.4 Å². The first kappa shape index (κ1) is 15.7. The summed E-state index contributed by atoms with van der Waals surface area (Å²) in [7, 11) is 1.76. The van der Waals surface area contributed by atoms with E-state index >= 15 is 0 Å². The fourth-order valence-electron chi connectivity index (χ4n) is 4.57. The summed E-state index contributed by atoms with van der Waals surface area (Å²) >= 11 is 1.51. The van der Waals surface area contributed by atoms with Gasteiger partial charge < -0.3 is 4.90 Å². The van der Waals surface area contributed by atoms with Crippen molar-refractivity contribution < 1.29 is 14.4 Å².